The van der Waals surface area contributed by atoms with Gasteiger partial charge in [0.2, 0.25) is 21.8 Å². The number of rotatable bonds is 12. The SMILES string of the molecule is COc1cccc(N(CC(=O)N(Cc2c(Cl)cccc2Cl)C(Cc2ccccc2)C(=O)NC2CCCC2)S(C)(=O)=O)c1. The van der Waals surface area contributed by atoms with Crippen LogP contribution in [0, 0.1) is 0 Å². The number of benzene rings is 3. The van der Waals surface area contributed by atoms with Crippen molar-refractivity contribution in [3.05, 3.63) is 94.0 Å². The van der Waals surface area contributed by atoms with E-state index < -0.39 is 28.5 Å². The first-order valence-electron chi connectivity index (χ1n) is 13.7. The van der Waals surface area contributed by atoms with Crippen LogP contribution in [0.5, 0.6) is 5.75 Å². The number of carbonyl (C=O) groups excluding carboxylic acids is 2. The lowest BCUT2D eigenvalue weighted by molar-refractivity contribution is -0.140. The minimum atomic E-state index is -3.91. The van der Waals surface area contributed by atoms with Crippen LogP contribution in [-0.4, -0.2) is 57.1 Å². The van der Waals surface area contributed by atoms with Gasteiger partial charge >= 0.3 is 0 Å². The van der Waals surface area contributed by atoms with Crippen molar-refractivity contribution in [2.75, 3.05) is 24.2 Å². The number of carbonyl (C=O) groups is 2. The van der Waals surface area contributed by atoms with Gasteiger partial charge in [0.1, 0.15) is 18.3 Å². The molecular formula is C31H35Cl2N3O5S. The molecule has 3 aromatic carbocycles. The highest BCUT2D eigenvalue weighted by molar-refractivity contribution is 7.92. The lowest BCUT2D eigenvalue weighted by Gasteiger charge is -2.34. The molecule has 11 heteroatoms. The van der Waals surface area contributed by atoms with E-state index in [9.17, 15) is 18.0 Å². The zero-order valence-electron chi connectivity index (χ0n) is 23.6. The Balaban J connectivity index is 1.76. The number of hydrogen-bond donors (Lipinski definition) is 1. The summed E-state index contributed by atoms with van der Waals surface area (Å²) in [5.74, 6) is -0.456. The first-order chi connectivity index (χ1) is 20.1. The van der Waals surface area contributed by atoms with Gasteiger partial charge in [0.05, 0.1) is 19.1 Å². The summed E-state index contributed by atoms with van der Waals surface area (Å²) in [7, 11) is -2.43. The molecule has 0 aliphatic heterocycles. The molecule has 0 saturated heterocycles. The maximum Gasteiger partial charge on any atom is 0.244 e. The molecule has 8 nitrogen and oxygen atoms in total. The molecule has 224 valence electrons. The molecule has 2 amide bonds. The Morgan fingerprint density at radius 3 is 2.24 bits per heavy atom. The molecule has 0 radical (unpaired) electrons. The van der Waals surface area contributed by atoms with Crippen LogP contribution in [0.25, 0.3) is 0 Å². The van der Waals surface area contributed by atoms with Crippen LogP contribution in [-0.2, 0) is 32.6 Å². The largest absolute Gasteiger partial charge is 0.497 e. The van der Waals surface area contributed by atoms with Gasteiger partial charge in [-0.2, -0.15) is 0 Å². The van der Waals surface area contributed by atoms with Crippen LogP contribution >= 0.6 is 23.2 Å². The molecule has 42 heavy (non-hydrogen) atoms. The number of nitrogens with zero attached hydrogens (tertiary/aromatic N) is 2. The van der Waals surface area contributed by atoms with Gasteiger partial charge in [0.15, 0.2) is 0 Å². The minimum Gasteiger partial charge on any atom is -0.497 e. The van der Waals surface area contributed by atoms with Crippen LogP contribution in [0.4, 0.5) is 5.69 Å². The number of hydrogen-bond acceptors (Lipinski definition) is 5. The highest BCUT2D eigenvalue weighted by Crippen LogP contribution is 2.29. The van der Waals surface area contributed by atoms with Gasteiger partial charge in [0.25, 0.3) is 0 Å². The van der Waals surface area contributed by atoms with Crippen LogP contribution in [0.3, 0.4) is 0 Å². The number of anilines is 1. The van der Waals surface area contributed by atoms with Crippen molar-refractivity contribution in [2.45, 2.75) is 50.7 Å². The zero-order chi connectivity index (χ0) is 30.3. The zero-order valence-corrected chi connectivity index (χ0v) is 26.0. The van der Waals surface area contributed by atoms with Crippen molar-refractivity contribution in [3.8, 4) is 5.75 Å². The number of methoxy groups -OCH3 is 1. The molecule has 1 atom stereocenters. The first kappa shape index (κ1) is 31.7. The van der Waals surface area contributed by atoms with E-state index in [-0.39, 0.29) is 30.6 Å². The van der Waals surface area contributed by atoms with Crippen LogP contribution < -0.4 is 14.4 Å². The number of halogens is 2. The van der Waals surface area contributed by atoms with Gasteiger partial charge in [-0.25, -0.2) is 8.42 Å². The van der Waals surface area contributed by atoms with Crippen LogP contribution in [0.15, 0.2) is 72.8 Å². The summed E-state index contributed by atoms with van der Waals surface area (Å²) < 4.78 is 32.2. The van der Waals surface area contributed by atoms with Crippen molar-refractivity contribution in [1.29, 1.82) is 0 Å². The summed E-state index contributed by atoms with van der Waals surface area (Å²) in [6, 6.07) is 19.9. The number of ether oxygens (including phenoxy) is 1. The van der Waals surface area contributed by atoms with E-state index in [1.54, 1.807) is 36.4 Å². The van der Waals surface area contributed by atoms with Gasteiger partial charge in [-0.15, -0.1) is 0 Å². The Kier molecular flexibility index (Phi) is 10.8. The molecule has 0 bridgehead atoms. The second kappa shape index (κ2) is 14.3. The summed E-state index contributed by atoms with van der Waals surface area (Å²) in [5.41, 5.74) is 1.57. The van der Waals surface area contributed by atoms with Gasteiger partial charge in [-0.1, -0.05) is 78.5 Å². The van der Waals surface area contributed by atoms with E-state index in [0.717, 1.165) is 41.8 Å². The monoisotopic (exact) mass is 631 g/mol. The Labute approximate surface area is 257 Å². The van der Waals surface area contributed by atoms with E-state index in [1.165, 1.54) is 18.1 Å². The Bertz CT molecular complexity index is 1480. The predicted octanol–water partition coefficient (Wildman–Crippen LogP) is 5.47. The first-order valence-corrected chi connectivity index (χ1v) is 16.4. The van der Waals surface area contributed by atoms with Crippen molar-refractivity contribution >= 4 is 50.7 Å². The molecule has 0 heterocycles. The lowest BCUT2D eigenvalue weighted by Crippen LogP contribution is -2.54. The fourth-order valence-electron chi connectivity index (χ4n) is 5.15. The molecule has 1 fully saturated rings. The van der Waals surface area contributed by atoms with Crippen molar-refractivity contribution in [2.24, 2.45) is 0 Å². The topological polar surface area (TPSA) is 96.0 Å². The van der Waals surface area contributed by atoms with Crippen LogP contribution in [0.1, 0.15) is 36.8 Å². The predicted molar refractivity (Wildman–Crippen MR) is 167 cm³/mol. The average molecular weight is 633 g/mol. The standard InChI is InChI=1S/C31H35Cl2N3O5S/c1-41-25-15-8-14-24(19-25)36(42(2,39)40)21-30(37)35(20-26-27(32)16-9-17-28(26)33)29(18-22-10-4-3-5-11-22)31(38)34-23-12-6-7-13-23/h3-5,8-11,14-17,19,23,29H,6-7,12-13,18,20-21H2,1-2H3,(H,34,38). The summed E-state index contributed by atoms with van der Waals surface area (Å²) in [6.45, 7) is -0.640. The highest BCUT2D eigenvalue weighted by atomic mass is 35.5. The van der Waals surface area contributed by atoms with Gasteiger partial charge < -0.3 is 15.0 Å². The van der Waals surface area contributed by atoms with E-state index in [4.69, 9.17) is 27.9 Å². The molecule has 0 spiro atoms. The van der Waals surface area contributed by atoms with Crippen molar-refractivity contribution < 1.29 is 22.7 Å². The maximum absolute atomic E-state index is 14.3. The Morgan fingerprint density at radius 1 is 0.976 bits per heavy atom. The molecule has 1 N–H and O–H groups in total. The number of sulfonamides is 1. The average Bonchev–Trinajstić information content (AvgIpc) is 3.47. The van der Waals surface area contributed by atoms with Gasteiger partial charge in [0, 0.05) is 40.7 Å². The fourth-order valence-corrected chi connectivity index (χ4v) is 6.51. The van der Waals surface area contributed by atoms with E-state index >= 15 is 0 Å². The Hall–Kier alpha value is -3.27. The summed E-state index contributed by atoms with van der Waals surface area (Å²) >= 11 is 13.0. The number of nitrogens with one attached hydrogen (secondary N) is 1. The quantitative estimate of drug-likeness (QED) is 0.286. The summed E-state index contributed by atoms with van der Waals surface area (Å²) in [6.07, 6.45) is 5.03. The third-order valence-electron chi connectivity index (χ3n) is 7.38. The Morgan fingerprint density at radius 2 is 1.62 bits per heavy atom. The van der Waals surface area contributed by atoms with E-state index in [2.05, 4.69) is 5.32 Å². The normalized spacial score (nSPS) is 14.3. The maximum atomic E-state index is 14.3. The fraction of sp³-hybridized carbons (Fsp3) is 0.355. The van der Waals surface area contributed by atoms with Gasteiger partial charge in [-0.3, -0.25) is 13.9 Å². The molecule has 4 rings (SSSR count). The summed E-state index contributed by atoms with van der Waals surface area (Å²) in [4.78, 5) is 29.6. The second-order valence-electron chi connectivity index (χ2n) is 10.4. The minimum absolute atomic E-state index is 0.0147. The van der Waals surface area contributed by atoms with Crippen LogP contribution in [0.2, 0.25) is 10.0 Å². The summed E-state index contributed by atoms with van der Waals surface area (Å²) in [5, 5.41) is 3.80. The highest BCUT2D eigenvalue weighted by Gasteiger charge is 2.35. The molecule has 1 saturated carbocycles. The van der Waals surface area contributed by atoms with Crippen molar-refractivity contribution in [1.82, 2.24) is 10.2 Å². The molecule has 1 aliphatic rings. The molecular weight excluding hydrogens is 597 g/mol. The third kappa shape index (κ3) is 8.18. The molecule has 0 aromatic heterocycles. The van der Waals surface area contributed by atoms with E-state index in [1.807, 2.05) is 30.3 Å². The molecule has 1 unspecified atom stereocenters. The van der Waals surface area contributed by atoms with E-state index in [0.29, 0.717) is 21.4 Å². The third-order valence-corrected chi connectivity index (χ3v) is 9.23. The van der Waals surface area contributed by atoms with Crippen molar-refractivity contribution in [3.63, 3.8) is 0 Å². The molecule has 3 aromatic rings. The van der Waals surface area contributed by atoms with Gasteiger partial charge in [-0.05, 0) is 42.7 Å². The number of amides is 2. The smallest absolute Gasteiger partial charge is 0.244 e. The lowest BCUT2D eigenvalue weighted by atomic mass is 10.0. The second-order valence-corrected chi connectivity index (χ2v) is 13.1. The molecule has 1 aliphatic carbocycles.